The normalized spacial score (nSPS) is 11.7. The van der Waals surface area contributed by atoms with Crippen molar-refractivity contribution in [2.45, 2.75) is 26.3 Å². The zero-order valence-electron chi connectivity index (χ0n) is 12.2. The molecule has 0 aliphatic carbocycles. The molecule has 1 N–H and O–H groups in total. The van der Waals surface area contributed by atoms with E-state index in [0.29, 0.717) is 31.9 Å². The van der Waals surface area contributed by atoms with Gasteiger partial charge in [0.1, 0.15) is 11.8 Å². The van der Waals surface area contributed by atoms with Crippen molar-refractivity contribution in [3.05, 3.63) is 34.4 Å². The first kappa shape index (κ1) is 16.9. The van der Waals surface area contributed by atoms with Crippen LogP contribution in [0.1, 0.15) is 20.3 Å². The van der Waals surface area contributed by atoms with Gasteiger partial charge in [-0.2, -0.15) is 0 Å². The molecule has 7 heteroatoms. The van der Waals surface area contributed by atoms with E-state index in [4.69, 9.17) is 9.47 Å². The van der Waals surface area contributed by atoms with Crippen LogP contribution in [0.25, 0.3) is 0 Å². The molecule has 0 aliphatic heterocycles. The molecule has 0 amide bonds. The summed E-state index contributed by atoms with van der Waals surface area (Å²) in [5.41, 5.74) is 0.0133. The summed E-state index contributed by atoms with van der Waals surface area (Å²) in [6.45, 7) is 4.97. The summed E-state index contributed by atoms with van der Waals surface area (Å²) >= 11 is 0. The Morgan fingerprint density at radius 2 is 2.00 bits per heavy atom. The van der Waals surface area contributed by atoms with Gasteiger partial charge in [-0.3, -0.25) is 14.9 Å². The molecule has 0 saturated heterocycles. The fraction of sp³-hybridized carbons (Fsp3) is 0.500. The van der Waals surface area contributed by atoms with Gasteiger partial charge in [-0.1, -0.05) is 6.92 Å². The third kappa shape index (κ3) is 5.78. The highest BCUT2D eigenvalue weighted by atomic mass is 16.6. The molecule has 1 aromatic rings. The van der Waals surface area contributed by atoms with Crippen LogP contribution in [0.5, 0.6) is 5.75 Å². The highest BCUT2D eigenvalue weighted by molar-refractivity contribution is 5.75. The summed E-state index contributed by atoms with van der Waals surface area (Å²) in [6, 6.07) is 5.41. The number of carbonyl (C=O) groups excluding carboxylic acids is 1. The highest BCUT2D eigenvalue weighted by Gasteiger charge is 2.18. The number of carbonyl (C=O) groups is 1. The lowest BCUT2D eigenvalue weighted by molar-refractivity contribution is -0.384. The summed E-state index contributed by atoms with van der Waals surface area (Å²) in [7, 11) is 0. The number of nitrogens with zero attached hydrogens (tertiary/aromatic N) is 1. The van der Waals surface area contributed by atoms with Gasteiger partial charge in [-0.15, -0.1) is 0 Å². The zero-order valence-corrected chi connectivity index (χ0v) is 12.2. The third-order valence-electron chi connectivity index (χ3n) is 2.74. The summed E-state index contributed by atoms with van der Waals surface area (Å²) < 4.78 is 10.4. The average molecular weight is 296 g/mol. The first-order chi connectivity index (χ1) is 10.1. The van der Waals surface area contributed by atoms with E-state index < -0.39 is 11.0 Å². The van der Waals surface area contributed by atoms with Crippen LogP contribution in [0.2, 0.25) is 0 Å². The Bertz CT molecular complexity index is 461. The molecule has 1 atom stereocenters. The molecule has 0 saturated carbocycles. The highest BCUT2D eigenvalue weighted by Crippen LogP contribution is 2.17. The first-order valence-electron chi connectivity index (χ1n) is 6.85. The maximum absolute atomic E-state index is 11.7. The number of benzene rings is 1. The maximum Gasteiger partial charge on any atom is 0.323 e. The number of non-ortho nitro benzene ring substituents is 1. The fourth-order valence-corrected chi connectivity index (χ4v) is 1.75. The van der Waals surface area contributed by atoms with Crippen LogP contribution in [0.15, 0.2) is 24.3 Å². The van der Waals surface area contributed by atoms with E-state index >= 15 is 0 Å². The Morgan fingerprint density at radius 3 is 2.52 bits per heavy atom. The largest absolute Gasteiger partial charge is 0.494 e. The van der Waals surface area contributed by atoms with Crippen LogP contribution >= 0.6 is 0 Å². The number of nitro groups is 1. The van der Waals surface area contributed by atoms with Crippen LogP contribution in [-0.4, -0.2) is 36.7 Å². The molecule has 1 aromatic carbocycles. The lowest BCUT2D eigenvalue weighted by atomic mass is 10.2. The quantitative estimate of drug-likeness (QED) is 0.425. The molecule has 7 nitrogen and oxygen atoms in total. The Morgan fingerprint density at radius 1 is 1.33 bits per heavy atom. The minimum atomic E-state index is -0.467. The van der Waals surface area contributed by atoms with E-state index in [2.05, 4.69) is 5.32 Å². The standard InChI is InChI=1S/C14H20N2O5/c1-3-15-13(14(17)20-4-2)9-10-21-12-7-5-11(6-8-12)16(18)19/h5-8,13,15H,3-4,9-10H2,1-2H3. The summed E-state index contributed by atoms with van der Waals surface area (Å²) in [6.07, 6.45) is 0.462. The molecule has 0 heterocycles. The molecule has 116 valence electrons. The Kier molecular flexibility index (Phi) is 7.17. The van der Waals surface area contributed by atoms with E-state index in [1.807, 2.05) is 6.92 Å². The second kappa shape index (κ2) is 8.91. The molecular weight excluding hydrogens is 276 g/mol. The van der Waals surface area contributed by atoms with Gasteiger partial charge in [0.25, 0.3) is 5.69 Å². The molecule has 21 heavy (non-hydrogen) atoms. The van der Waals surface area contributed by atoms with E-state index in [1.165, 1.54) is 24.3 Å². The van der Waals surface area contributed by atoms with Crippen molar-refractivity contribution in [1.29, 1.82) is 0 Å². The van der Waals surface area contributed by atoms with Gasteiger partial charge in [0.2, 0.25) is 0 Å². The van der Waals surface area contributed by atoms with Gasteiger partial charge in [0.05, 0.1) is 18.1 Å². The fourth-order valence-electron chi connectivity index (χ4n) is 1.75. The smallest absolute Gasteiger partial charge is 0.323 e. The Labute approximate surface area is 123 Å². The maximum atomic E-state index is 11.7. The predicted octanol–water partition coefficient (Wildman–Crippen LogP) is 1.90. The number of nitrogens with one attached hydrogen (secondary N) is 1. The molecule has 0 radical (unpaired) electrons. The number of hydrogen-bond acceptors (Lipinski definition) is 6. The first-order valence-corrected chi connectivity index (χ1v) is 6.85. The lowest BCUT2D eigenvalue weighted by Crippen LogP contribution is -2.39. The molecule has 1 rings (SSSR count). The van der Waals surface area contributed by atoms with Gasteiger partial charge in [-0.05, 0) is 25.6 Å². The van der Waals surface area contributed by atoms with E-state index in [-0.39, 0.29) is 11.7 Å². The van der Waals surface area contributed by atoms with Crippen molar-refractivity contribution in [3.63, 3.8) is 0 Å². The van der Waals surface area contributed by atoms with Crippen LogP contribution in [-0.2, 0) is 9.53 Å². The second-order valence-corrected chi connectivity index (χ2v) is 4.25. The van der Waals surface area contributed by atoms with E-state index in [9.17, 15) is 14.9 Å². The number of hydrogen-bond donors (Lipinski definition) is 1. The molecule has 0 aromatic heterocycles. The number of ether oxygens (including phenoxy) is 2. The van der Waals surface area contributed by atoms with Gasteiger partial charge < -0.3 is 14.8 Å². The SMILES string of the molecule is CCNC(CCOc1ccc([N+](=O)[O-])cc1)C(=O)OCC. The Hall–Kier alpha value is -2.15. The van der Waals surface area contributed by atoms with Gasteiger partial charge in [-0.25, -0.2) is 0 Å². The van der Waals surface area contributed by atoms with Crippen LogP contribution in [0.3, 0.4) is 0 Å². The summed E-state index contributed by atoms with van der Waals surface area (Å²) in [5.74, 6) is 0.228. The van der Waals surface area contributed by atoms with Crippen molar-refractivity contribution in [2.75, 3.05) is 19.8 Å². The van der Waals surface area contributed by atoms with Crippen molar-refractivity contribution in [1.82, 2.24) is 5.32 Å². The monoisotopic (exact) mass is 296 g/mol. The molecule has 0 aliphatic rings. The molecule has 0 spiro atoms. The van der Waals surface area contributed by atoms with Gasteiger partial charge in [0.15, 0.2) is 0 Å². The minimum absolute atomic E-state index is 0.0133. The predicted molar refractivity (Wildman–Crippen MR) is 77.3 cm³/mol. The van der Waals surface area contributed by atoms with Crippen LogP contribution in [0, 0.1) is 10.1 Å². The van der Waals surface area contributed by atoms with E-state index in [0.717, 1.165) is 0 Å². The zero-order chi connectivity index (χ0) is 15.7. The van der Waals surface area contributed by atoms with Crippen LogP contribution < -0.4 is 10.1 Å². The Balaban J connectivity index is 2.45. The summed E-state index contributed by atoms with van der Waals surface area (Å²) in [5, 5.41) is 13.6. The van der Waals surface area contributed by atoms with Crippen molar-refractivity contribution in [3.8, 4) is 5.75 Å². The summed E-state index contributed by atoms with van der Waals surface area (Å²) in [4.78, 5) is 21.7. The number of nitro benzene ring substituents is 1. The van der Waals surface area contributed by atoms with Crippen molar-refractivity contribution < 1.29 is 19.2 Å². The topological polar surface area (TPSA) is 90.7 Å². The molecule has 1 unspecified atom stereocenters. The van der Waals surface area contributed by atoms with Crippen molar-refractivity contribution in [2.24, 2.45) is 0 Å². The second-order valence-electron chi connectivity index (χ2n) is 4.25. The van der Waals surface area contributed by atoms with Gasteiger partial charge >= 0.3 is 5.97 Å². The molecule has 0 fully saturated rings. The number of likely N-dealkylation sites (N-methyl/N-ethyl adjacent to an activating group) is 1. The minimum Gasteiger partial charge on any atom is -0.494 e. The van der Waals surface area contributed by atoms with Crippen molar-refractivity contribution >= 4 is 11.7 Å². The van der Waals surface area contributed by atoms with Crippen LogP contribution in [0.4, 0.5) is 5.69 Å². The number of esters is 1. The third-order valence-corrected chi connectivity index (χ3v) is 2.74. The van der Waals surface area contributed by atoms with Gasteiger partial charge in [0, 0.05) is 18.6 Å². The average Bonchev–Trinajstić information content (AvgIpc) is 2.47. The number of rotatable bonds is 9. The lowest BCUT2D eigenvalue weighted by Gasteiger charge is -2.16. The molecular formula is C14H20N2O5. The van der Waals surface area contributed by atoms with E-state index in [1.54, 1.807) is 6.92 Å². The molecule has 0 bridgehead atoms.